The van der Waals surface area contributed by atoms with Crippen molar-refractivity contribution in [1.29, 1.82) is 0 Å². The molecule has 0 bridgehead atoms. The molecule has 0 aliphatic heterocycles. The van der Waals surface area contributed by atoms with Gasteiger partial charge in [-0.25, -0.2) is 0 Å². The fourth-order valence-corrected chi connectivity index (χ4v) is 3.65. The Labute approximate surface area is 186 Å². The van der Waals surface area contributed by atoms with E-state index in [2.05, 4.69) is 4.98 Å². The molecule has 1 unspecified atom stereocenters. The maximum absolute atomic E-state index is 13.0. The van der Waals surface area contributed by atoms with E-state index in [1.165, 1.54) is 12.1 Å². The average Bonchev–Trinajstić information content (AvgIpc) is 2.77. The molecule has 0 amide bonds. The van der Waals surface area contributed by atoms with Crippen LogP contribution in [0.5, 0.6) is 0 Å². The van der Waals surface area contributed by atoms with Crippen LogP contribution >= 0.6 is 0 Å². The molecule has 3 nitrogen and oxygen atoms in total. The summed E-state index contributed by atoms with van der Waals surface area (Å²) in [5.41, 5.74) is 3.13. The van der Waals surface area contributed by atoms with E-state index < -0.39 is 17.7 Å². The molecule has 1 atom stereocenters. The highest BCUT2D eigenvalue weighted by Gasteiger charge is 2.30. The lowest BCUT2D eigenvalue weighted by molar-refractivity contribution is -0.145. The quantitative estimate of drug-likeness (QED) is 0.366. The molecule has 6 heteroatoms. The van der Waals surface area contributed by atoms with E-state index in [-0.39, 0.29) is 18.5 Å². The Morgan fingerprint density at radius 3 is 2.16 bits per heavy atom. The molecule has 0 saturated heterocycles. The van der Waals surface area contributed by atoms with Crippen molar-refractivity contribution in [3.05, 3.63) is 78.1 Å². The minimum absolute atomic E-state index is 0.251. The first-order valence-corrected chi connectivity index (χ1v) is 10.6. The van der Waals surface area contributed by atoms with Crippen molar-refractivity contribution in [2.45, 2.75) is 39.3 Å². The van der Waals surface area contributed by atoms with Crippen molar-refractivity contribution in [2.24, 2.45) is 5.92 Å². The van der Waals surface area contributed by atoms with Crippen molar-refractivity contribution in [2.75, 3.05) is 6.61 Å². The number of hydrogen-bond donors (Lipinski definition) is 0. The molecule has 1 heterocycles. The van der Waals surface area contributed by atoms with Gasteiger partial charge in [-0.05, 0) is 65.8 Å². The van der Waals surface area contributed by atoms with Crippen LogP contribution in [0.15, 0.2) is 67.0 Å². The van der Waals surface area contributed by atoms with E-state index in [1.54, 1.807) is 19.3 Å². The molecular formula is C26H26F3NO2. The standard InChI is InChI=1S/C26H26F3NO2/c1-4-32-25(31)24(12-17(2)3)22-14-20(13-21(15-22)19-6-5-11-30-16-19)18-7-9-23(10-8-18)26(27,28)29/h5-11,13-17,24H,4,12H2,1-3H3. The minimum atomic E-state index is -4.40. The van der Waals surface area contributed by atoms with Gasteiger partial charge in [0.1, 0.15) is 0 Å². The largest absolute Gasteiger partial charge is 0.466 e. The van der Waals surface area contributed by atoms with Gasteiger partial charge < -0.3 is 4.74 Å². The van der Waals surface area contributed by atoms with Crippen LogP contribution in [-0.4, -0.2) is 17.6 Å². The number of pyridine rings is 1. The van der Waals surface area contributed by atoms with Crippen molar-refractivity contribution in [1.82, 2.24) is 4.98 Å². The number of esters is 1. The summed E-state index contributed by atoms with van der Waals surface area (Å²) in [4.78, 5) is 16.9. The lowest BCUT2D eigenvalue weighted by atomic mass is 9.86. The molecule has 168 valence electrons. The fourth-order valence-electron chi connectivity index (χ4n) is 3.65. The third-order valence-electron chi connectivity index (χ3n) is 5.18. The number of carbonyl (C=O) groups excluding carboxylic acids is 1. The molecule has 0 fully saturated rings. The molecule has 0 saturated carbocycles. The summed E-state index contributed by atoms with van der Waals surface area (Å²) >= 11 is 0. The highest BCUT2D eigenvalue weighted by Crippen LogP contribution is 2.35. The highest BCUT2D eigenvalue weighted by atomic mass is 19.4. The number of alkyl halides is 3. The van der Waals surface area contributed by atoms with Crippen LogP contribution in [0.1, 0.15) is 44.2 Å². The Kier molecular flexibility index (Phi) is 7.33. The molecule has 0 radical (unpaired) electrons. The van der Waals surface area contributed by atoms with Crippen LogP contribution in [0.3, 0.4) is 0 Å². The van der Waals surface area contributed by atoms with Gasteiger partial charge in [-0.2, -0.15) is 13.2 Å². The van der Waals surface area contributed by atoms with Crippen LogP contribution < -0.4 is 0 Å². The Bertz CT molecular complexity index is 1040. The van der Waals surface area contributed by atoms with Crippen molar-refractivity contribution in [3.63, 3.8) is 0 Å². The van der Waals surface area contributed by atoms with Gasteiger partial charge in [0.2, 0.25) is 0 Å². The Morgan fingerprint density at radius 1 is 0.969 bits per heavy atom. The molecule has 2 aromatic carbocycles. The number of carbonyl (C=O) groups is 1. The van der Waals surface area contributed by atoms with Crippen molar-refractivity contribution < 1.29 is 22.7 Å². The van der Waals surface area contributed by atoms with E-state index in [9.17, 15) is 18.0 Å². The summed E-state index contributed by atoms with van der Waals surface area (Å²) in [6.07, 6.45) is -0.406. The first-order valence-electron chi connectivity index (χ1n) is 10.6. The molecule has 32 heavy (non-hydrogen) atoms. The van der Waals surface area contributed by atoms with Crippen LogP contribution in [0, 0.1) is 5.92 Å². The van der Waals surface area contributed by atoms with Crippen LogP contribution in [0.2, 0.25) is 0 Å². The zero-order chi connectivity index (χ0) is 23.3. The maximum Gasteiger partial charge on any atom is 0.416 e. The van der Waals surface area contributed by atoms with Crippen LogP contribution in [0.25, 0.3) is 22.3 Å². The summed E-state index contributed by atoms with van der Waals surface area (Å²) in [6, 6.07) is 14.5. The van der Waals surface area contributed by atoms with Crippen molar-refractivity contribution in [3.8, 4) is 22.3 Å². The van der Waals surface area contributed by atoms with Gasteiger partial charge in [0.05, 0.1) is 18.1 Å². The van der Waals surface area contributed by atoms with Crippen molar-refractivity contribution >= 4 is 5.97 Å². The molecule has 0 aliphatic rings. The zero-order valence-electron chi connectivity index (χ0n) is 18.3. The van der Waals surface area contributed by atoms with Gasteiger partial charge in [0.25, 0.3) is 0 Å². The van der Waals surface area contributed by atoms with Gasteiger partial charge in [0.15, 0.2) is 0 Å². The topological polar surface area (TPSA) is 39.2 Å². The molecule has 3 rings (SSSR count). The molecule has 3 aromatic rings. The molecule has 0 N–H and O–H groups in total. The Morgan fingerprint density at radius 2 is 1.62 bits per heavy atom. The highest BCUT2D eigenvalue weighted by molar-refractivity contribution is 5.81. The second-order valence-electron chi connectivity index (χ2n) is 8.09. The molecule has 0 aliphatic carbocycles. The van der Waals surface area contributed by atoms with Crippen LogP contribution in [-0.2, 0) is 15.7 Å². The number of hydrogen-bond acceptors (Lipinski definition) is 3. The summed E-state index contributed by atoms with van der Waals surface area (Å²) in [5.74, 6) is -0.524. The van der Waals surface area contributed by atoms with E-state index >= 15 is 0 Å². The summed E-state index contributed by atoms with van der Waals surface area (Å²) in [6.45, 7) is 6.12. The van der Waals surface area contributed by atoms with Gasteiger partial charge >= 0.3 is 12.1 Å². The normalized spacial score (nSPS) is 12.6. The predicted molar refractivity (Wildman–Crippen MR) is 119 cm³/mol. The first-order chi connectivity index (χ1) is 15.2. The average molecular weight is 441 g/mol. The molecular weight excluding hydrogens is 415 g/mol. The lowest BCUT2D eigenvalue weighted by Crippen LogP contribution is -2.18. The first kappa shape index (κ1) is 23.5. The molecule has 1 aromatic heterocycles. The van der Waals surface area contributed by atoms with E-state index in [1.807, 2.05) is 44.2 Å². The lowest BCUT2D eigenvalue weighted by Gasteiger charge is -2.20. The third kappa shape index (κ3) is 5.75. The predicted octanol–water partition coefficient (Wildman–Crippen LogP) is 7.13. The molecule has 0 spiro atoms. The number of ether oxygens (including phenoxy) is 1. The smallest absolute Gasteiger partial charge is 0.416 e. The second kappa shape index (κ2) is 9.98. The van der Waals surface area contributed by atoms with Gasteiger partial charge in [0, 0.05) is 18.0 Å². The number of aromatic nitrogens is 1. The SMILES string of the molecule is CCOC(=O)C(CC(C)C)c1cc(-c2ccc(C(F)(F)F)cc2)cc(-c2cccnc2)c1. The van der Waals surface area contributed by atoms with Gasteiger partial charge in [-0.15, -0.1) is 0 Å². The number of benzene rings is 2. The van der Waals surface area contributed by atoms with Gasteiger partial charge in [-0.3, -0.25) is 9.78 Å². The second-order valence-corrected chi connectivity index (χ2v) is 8.09. The maximum atomic E-state index is 13.0. The Hall–Kier alpha value is -3.15. The van der Waals surface area contributed by atoms with Crippen LogP contribution in [0.4, 0.5) is 13.2 Å². The van der Waals surface area contributed by atoms with E-state index in [0.717, 1.165) is 34.4 Å². The van der Waals surface area contributed by atoms with E-state index in [0.29, 0.717) is 12.0 Å². The Balaban J connectivity index is 2.14. The number of halogens is 3. The number of rotatable bonds is 7. The summed E-state index contributed by atoms with van der Waals surface area (Å²) in [7, 11) is 0. The zero-order valence-corrected chi connectivity index (χ0v) is 18.3. The number of nitrogens with zero attached hydrogens (tertiary/aromatic N) is 1. The summed E-state index contributed by atoms with van der Waals surface area (Å²) in [5, 5.41) is 0. The third-order valence-corrected chi connectivity index (χ3v) is 5.18. The minimum Gasteiger partial charge on any atom is -0.466 e. The fraction of sp³-hybridized carbons (Fsp3) is 0.308. The van der Waals surface area contributed by atoms with Gasteiger partial charge in [-0.1, -0.05) is 44.2 Å². The van der Waals surface area contributed by atoms with E-state index in [4.69, 9.17) is 4.74 Å². The monoisotopic (exact) mass is 441 g/mol. The summed E-state index contributed by atoms with van der Waals surface area (Å²) < 4.78 is 44.3.